The second-order valence-electron chi connectivity index (χ2n) is 4.67. The zero-order chi connectivity index (χ0) is 12.0. The molecule has 1 aliphatic carbocycles. The van der Waals surface area contributed by atoms with E-state index in [1.165, 1.54) is 0 Å². The molecule has 1 aliphatic rings. The van der Waals surface area contributed by atoms with Gasteiger partial charge in [-0.2, -0.15) is 0 Å². The summed E-state index contributed by atoms with van der Waals surface area (Å²) in [6, 6.07) is 0.190. The van der Waals surface area contributed by atoms with Crippen molar-refractivity contribution < 1.29 is 14.4 Å². The van der Waals surface area contributed by atoms with E-state index in [4.69, 9.17) is 11.6 Å². The molecule has 4 heteroatoms. The molecule has 1 rings (SSSR count). The molecular formula is C12H21ClNO2+. The molecule has 16 heavy (non-hydrogen) atoms. The molecule has 0 bridgehead atoms. The Morgan fingerprint density at radius 2 is 2.19 bits per heavy atom. The molecule has 0 spiro atoms. The van der Waals surface area contributed by atoms with Crippen LogP contribution in [0.2, 0.25) is 0 Å². The van der Waals surface area contributed by atoms with Gasteiger partial charge in [0, 0.05) is 24.6 Å². The predicted molar refractivity (Wildman–Crippen MR) is 65.2 cm³/mol. The van der Waals surface area contributed by atoms with Crippen LogP contribution >= 0.6 is 11.6 Å². The Labute approximate surface area is 102 Å². The van der Waals surface area contributed by atoms with Gasteiger partial charge in [-0.25, -0.2) is 4.79 Å². The number of hydrogen-bond acceptors (Lipinski definition) is 2. The second kappa shape index (κ2) is 6.38. The van der Waals surface area contributed by atoms with Gasteiger partial charge >= 0.3 is 6.41 Å². The fourth-order valence-corrected chi connectivity index (χ4v) is 2.59. The molecule has 0 aromatic carbocycles. The number of alkyl halides is 1. The predicted octanol–water partition coefficient (Wildman–Crippen LogP) is 1.55. The van der Waals surface area contributed by atoms with E-state index in [0.717, 1.165) is 32.2 Å². The second-order valence-corrected chi connectivity index (χ2v) is 5.05. The number of halogens is 1. The molecule has 3 unspecified atom stereocenters. The lowest BCUT2D eigenvalue weighted by atomic mass is 9.87. The van der Waals surface area contributed by atoms with Crippen molar-refractivity contribution in [3.8, 4) is 0 Å². The van der Waals surface area contributed by atoms with E-state index in [2.05, 4.69) is 12.2 Å². The summed E-state index contributed by atoms with van der Waals surface area (Å²) in [7, 11) is 1.94. The van der Waals surface area contributed by atoms with Crippen molar-refractivity contribution in [1.82, 2.24) is 0 Å². The van der Waals surface area contributed by atoms with Crippen molar-refractivity contribution in [2.75, 3.05) is 26.1 Å². The lowest BCUT2D eigenvalue weighted by Crippen LogP contribution is -2.56. The van der Waals surface area contributed by atoms with Crippen LogP contribution in [-0.2, 0) is 4.79 Å². The molecule has 1 amide bonds. The van der Waals surface area contributed by atoms with Gasteiger partial charge < -0.3 is 5.11 Å². The maximum absolute atomic E-state index is 11.3. The molecule has 0 fully saturated rings. The van der Waals surface area contributed by atoms with Crippen molar-refractivity contribution in [3.05, 3.63) is 12.2 Å². The molecule has 92 valence electrons. The van der Waals surface area contributed by atoms with Gasteiger partial charge in [0.25, 0.3) is 0 Å². The molecule has 3 nitrogen and oxygen atoms in total. The minimum Gasteiger partial charge on any atom is -0.396 e. The Hall–Kier alpha value is -0.380. The monoisotopic (exact) mass is 246 g/mol. The highest BCUT2D eigenvalue weighted by Gasteiger charge is 2.38. The van der Waals surface area contributed by atoms with Crippen LogP contribution in [0.15, 0.2) is 12.2 Å². The van der Waals surface area contributed by atoms with Gasteiger partial charge in [0.05, 0.1) is 20.2 Å². The van der Waals surface area contributed by atoms with E-state index < -0.39 is 0 Å². The Morgan fingerprint density at radius 1 is 1.50 bits per heavy atom. The molecule has 0 aromatic rings. The summed E-state index contributed by atoms with van der Waals surface area (Å²) in [5, 5.41) is 9.36. The third-order valence-electron chi connectivity index (χ3n) is 3.53. The van der Waals surface area contributed by atoms with Crippen LogP contribution in [0.5, 0.6) is 0 Å². The van der Waals surface area contributed by atoms with Gasteiger partial charge in [0.2, 0.25) is 0 Å². The summed E-state index contributed by atoms with van der Waals surface area (Å²) in [5.41, 5.74) is 0. The number of aliphatic hydroxyl groups excluding tert-OH is 1. The normalized spacial score (nSPS) is 28.7. The smallest absolute Gasteiger partial charge is 0.301 e. The number of quaternary nitrogens is 1. The first-order valence-corrected chi connectivity index (χ1v) is 6.34. The fourth-order valence-electron chi connectivity index (χ4n) is 2.47. The van der Waals surface area contributed by atoms with Gasteiger partial charge in [-0.1, -0.05) is 12.2 Å². The number of aliphatic hydroxyl groups is 1. The zero-order valence-electron chi connectivity index (χ0n) is 9.81. The molecule has 0 aromatic heterocycles. The average Bonchev–Trinajstić information content (AvgIpc) is 2.36. The summed E-state index contributed by atoms with van der Waals surface area (Å²) in [6.07, 6.45) is 7.76. The lowest BCUT2D eigenvalue weighted by Gasteiger charge is -2.40. The molecule has 0 heterocycles. The summed E-state index contributed by atoms with van der Waals surface area (Å²) in [4.78, 5) is 11.3. The van der Waals surface area contributed by atoms with Crippen LogP contribution in [-0.4, -0.2) is 48.1 Å². The van der Waals surface area contributed by atoms with Gasteiger partial charge in [0.1, 0.15) is 6.04 Å². The highest BCUT2D eigenvalue weighted by molar-refractivity contribution is 6.17. The van der Waals surface area contributed by atoms with Crippen LogP contribution in [0.1, 0.15) is 19.3 Å². The zero-order valence-corrected chi connectivity index (χ0v) is 10.6. The first-order valence-electron chi connectivity index (χ1n) is 5.81. The van der Waals surface area contributed by atoms with Gasteiger partial charge in [-0.05, 0) is 6.42 Å². The number of amides is 1. The van der Waals surface area contributed by atoms with E-state index in [1.807, 2.05) is 7.05 Å². The van der Waals surface area contributed by atoms with Crippen molar-refractivity contribution in [3.63, 3.8) is 0 Å². The van der Waals surface area contributed by atoms with Crippen molar-refractivity contribution >= 4 is 18.0 Å². The summed E-state index contributed by atoms with van der Waals surface area (Å²) >= 11 is 5.68. The Bertz CT molecular complexity index is 257. The first-order chi connectivity index (χ1) is 7.68. The first kappa shape index (κ1) is 13.7. The third kappa shape index (κ3) is 3.06. The van der Waals surface area contributed by atoms with E-state index in [0.29, 0.717) is 10.4 Å². The Kier molecular flexibility index (Phi) is 5.46. The molecular weight excluding hydrogens is 226 g/mol. The molecule has 0 aliphatic heterocycles. The fraction of sp³-hybridized carbons (Fsp3) is 0.750. The molecule has 0 radical (unpaired) electrons. The van der Waals surface area contributed by atoms with Crippen LogP contribution in [0.4, 0.5) is 0 Å². The molecule has 1 N–H and O–H groups in total. The van der Waals surface area contributed by atoms with Gasteiger partial charge in [-0.3, -0.25) is 4.48 Å². The van der Waals surface area contributed by atoms with Crippen LogP contribution in [0.25, 0.3) is 0 Å². The van der Waals surface area contributed by atoms with E-state index in [9.17, 15) is 9.90 Å². The summed E-state index contributed by atoms with van der Waals surface area (Å²) in [5.74, 6) is 0.768. The molecule has 0 saturated carbocycles. The van der Waals surface area contributed by atoms with E-state index in [-0.39, 0.29) is 18.6 Å². The quantitative estimate of drug-likeness (QED) is 0.334. The lowest BCUT2D eigenvalue weighted by molar-refractivity contribution is -0.856. The maximum Gasteiger partial charge on any atom is 0.301 e. The number of rotatable bonds is 6. The minimum atomic E-state index is 0.150. The van der Waals surface area contributed by atoms with Gasteiger partial charge in [0.15, 0.2) is 0 Å². The van der Waals surface area contributed by atoms with Crippen molar-refractivity contribution in [2.45, 2.75) is 25.3 Å². The Balaban J connectivity index is 2.76. The number of carbonyl (C=O) groups is 1. The highest BCUT2D eigenvalue weighted by atomic mass is 35.5. The van der Waals surface area contributed by atoms with E-state index >= 15 is 0 Å². The van der Waals surface area contributed by atoms with E-state index in [1.54, 1.807) is 0 Å². The van der Waals surface area contributed by atoms with Crippen LogP contribution in [0.3, 0.4) is 0 Å². The van der Waals surface area contributed by atoms with Crippen LogP contribution in [0, 0.1) is 5.92 Å². The minimum absolute atomic E-state index is 0.150. The largest absolute Gasteiger partial charge is 0.396 e. The highest BCUT2D eigenvalue weighted by Crippen LogP contribution is 2.27. The number of hydrogen-bond donors (Lipinski definition) is 1. The van der Waals surface area contributed by atoms with Crippen LogP contribution < -0.4 is 0 Å². The number of allylic oxidation sites excluding steroid dienone is 1. The standard InChI is InChI=1S/C12H21ClNO2/c1-14(10-16,8-4-7-13)12-6-3-2-5-11(12)9-15/h2-3,10-12,15H,4-9H2,1H3/q+1. The maximum atomic E-state index is 11.3. The van der Waals surface area contributed by atoms with Crippen molar-refractivity contribution in [1.29, 1.82) is 0 Å². The number of nitrogens with zero attached hydrogens (tertiary/aromatic N) is 1. The molecule has 3 atom stereocenters. The Morgan fingerprint density at radius 3 is 2.75 bits per heavy atom. The van der Waals surface area contributed by atoms with Gasteiger partial charge in [-0.15, -0.1) is 11.6 Å². The summed E-state index contributed by atoms with van der Waals surface area (Å²) in [6.45, 7) is 0.902. The third-order valence-corrected chi connectivity index (χ3v) is 3.80. The SMILES string of the molecule is C[N+](C=O)(CCCCl)C1CC=CCC1CO. The topological polar surface area (TPSA) is 37.3 Å². The van der Waals surface area contributed by atoms with Crippen molar-refractivity contribution in [2.24, 2.45) is 5.92 Å². The summed E-state index contributed by atoms with van der Waals surface area (Å²) < 4.78 is 0.363. The average molecular weight is 247 g/mol. The molecule has 0 saturated heterocycles. The number of carbonyl (C=O) groups excluding carboxylic acids is 1.